The van der Waals surface area contributed by atoms with Crippen LogP contribution < -0.4 is 4.84 Å². The molecule has 2 nitrogen and oxygen atoms in total. The van der Waals surface area contributed by atoms with Crippen molar-refractivity contribution in [3.63, 3.8) is 0 Å². The van der Waals surface area contributed by atoms with E-state index in [-0.39, 0.29) is 0 Å². The molecule has 1 aliphatic heterocycles. The van der Waals surface area contributed by atoms with E-state index in [1.807, 2.05) is 18.2 Å². The monoisotopic (exact) mass is 201 g/mol. The Labute approximate surface area is 80.0 Å². The van der Waals surface area contributed by atoms with Crippen molar-refractivity contribution in [1.82, 2.24) is 4.58 Å². The second kappa shape index (κ2) is 2.88. The molecule has 1 aromatic rings. The number of hydrogen-bond donors (Lipinski definition) is 0. The van der Waals surface area contributed by atoms with Crippen LogP contribution in [0.25, 0.3) is 5.03 Å². The van der Waals surface area contributed by atoms with Crippen molar-refractivity contribution in [3.8, 4) is 5.75 Å². The zero-order valence-corrected chi connectivity index (χ0v) is 7.51. The minimum Gasteiger partial charge on any atom is -0.364 e. The molecule has 0 amide bonds. The maximum Gasteiger partial charge on any atom is 0.165 e. The lowest BCUT2D eigenvalue weighted by Gasteiger charge is -2.19. The largest absolute Gasteiger partial charge is 0.364 e. The predicted molar refractivity (Wildman–Crippen MR) is 48.6 cm³/mol. The Hall–Kier alpha value is -0.860. The van der Waals surface area contributed by atoms with Crippen LogP contribution in [0.3, 0.4) is 0 Å². The Kier molecular flexibility index (Phi) is 1.87. The van der Waals surface area contributed by atoms with Gasteiger partial charge in [0.1, 0.15) is 0 Å². The van der Waals surface area contributed by atoms with Crippen LogP contribution in [0.5, 0.6) is 5.75 Å². The van der Waals surface area contributed by atoms with Gasteiger partial charge in [-0.15, -0.1) is 4.58 Å². The third kappa shape index (κ3) is 1.24. The van der Waals surface area contributed by atoms with Crippen LogP contribution in [0, 0.1) is 0 Å². The van der Waals surface area contributed by atoms with Crippen molar-refractivity contribution in [1.29, 1.82) is 0 Å². The van der Waals surface area contributed by atoms with Crippen LogP contribution in [0.4, 0.5) is 0 Å². The third-order valence-corrected chi connectivity index (χ3v) is 2.01. The number of fused-ring (bicyclic) bond motifs is 1. The Morgan fingerprint density at radius 3 is 2.83 bits per heavy atom. The molecule has 0 saturated carbocycles. The van der Waals surface area contributed by atoms with Crippen LogP contribution in [-0.2, 0) is 0 Å². The van der Waals surface area contributed by atoms with Gasteiger partial charge in [-0.1, -0.05) is 23.7 Å². The fourth-order valence-corrected chi connectivity index (χ4v) is 1.49. The molecule has 1 aliphatic rings. The van der Waals surface area contributed by atoms with Gasteiger partial charge in [-0.3, -0.25) is 0 Å². The first-order chi connectivity index (χ1) is 5.77. The standard InChI is InChI=1S/C8H5Cl2NO/c9-7-5-11(10)12-8-4-2-1-3-6(7)8/h1-5H. The predicted octanol–water partition coefficient (Wildman–Crippen LogP) is 2.99. The number of hydroxylamine groups is 1. The number of hydrogen-bond acceptors (Lipinski definition) is 2. The average Bonchev–Trinajstić information content (AvgIpc) is 2.04. The number of halogens is 2. The van der Waals surface area contributed by atoms with Gasteiger partial charge < -0.3 is 4.84 Å². The van der Waals surface area contributed by atoms with Crippen molar-refractivity contribution in [3.05, 3.63) is 36.0 Å². The van der Waals surface area contributed by atoms with Gasteiger partial charge in [0.15, 0.2) is 5.75 Å². The van der Waals surface area contributed by atoms with Gasteiger partial charge in [0.05, 0.1) is 23.0 Å². The van der Waals surface area contributed by atoms with Crippen molar-refractivity contribution in [2.24, 2.45) is 0 Å². The minimum absolute atomic E-state index is 0.576. The van der Waals surface area contributed by atoms with Gasteiger partial charge in [0.2, 0.25) is 0 Å². The lowest BCUT2D eigenvalue weighted by Crippen LogP contribution is -2.14. The Balaban J connectivity index is 2.53. The van der Waals surface area contributed by atoms with Gasteiger partial charge in [0.25, 0.3) is 0 Å². The maximum atomic E-state index is 5.90. The van der Waals surface area contributed by atoms with Crippen LogP contribution >= 0.6 is 23.4 Å². The molecule has 0 saturated heterocycles. The van der Waals surface area contributed by atoms with Crippen molar-refractivity contribution in [2.75, 3.05) is 0 Å². The first-order valence-electron chi connectivity index (χ1n) is 3.37. The summed E-state index contributed by atoms with van der Waals surface area (Å²) in [6, 6.07) is 7.43. The van der Waals surface area contributed by atoms with Crippen molar-refractivity contribution < 1.29 is 4.84 Å². The zero-order valence-electron chi connectivity index (χ0n) is 6.00. The Morgan fingerprint density at radius 2 is 2.00 bits per heavy atom. The molecular weight excluding hydrogens is 197 g/mol. The molecule has 0 fully saturated rings. The van der Waals surface area contributed by atoms with E-state index in [1.165, 1.54) is 6.20 Å². The van der Waals surface area contributed by atoms with Crippen LogP contribution in [0.1, 0.15) is 5.56 Å². The highest BCUT2D eigenvalue weighted by Crippen LogP contribution is 2.33. The summed E-state index contributed by atoms with van der Waals surface area (Å²) in [5, 5.41) is 0.576. The summed E-state index contributed by atoms with van der Waals surface area (Å²) >= 11 is 11.5. The van der Waals surface area contributed by atoms with E-state index in [0.29, 0.717) is 10.8 Å². The highest BCUT2D eigenvalue weighted by molar-refractivity contribution is 6.49. The highest BCUT2D eigenvalue weighted by atomic mass is 35.5. The molecule has 0 aliphatic carbocycles. The molecule has 0 unspecified atom stereocenters. The van der Waals surface area contributed by atoms with Crippen molar-refractivity contribution >= 4 is 28.4 Å². The fourth-order valence-electron chi connectivity index (χ4n) is 1.02. The molecule has 0 atom stereocenters. The summed E-state index contributed by atoms with van der Waals surface area (Å²) in [7, 11) is 0. The summed E-state index contributed by atoms with van der Waals surface area (Å²) in [6.07, 6.45) is 1.51. The summed E-state index contributed by atoms with van der Waals surface area (Å²) in [4.78, 5) is 5.14. The van der Waals surface area contributed by atoms with E-state index in [2.05, 4.69) is 0 Å². The number of nitrogens with zero attached hydrogens (tertiary/aromatic N) is 1. The fraction of sp³-hybridized carbons (Fsp3) is 0. The van der Waals surface area contributed by atoms with Crippen LogP contribution in [0.2, 0.25) is 0 Å². The molecule has 12 heavy (non-hydrogen) atoms. The van der Waals surface area contributed by atoms with E-state index in [0.717, 1.165) is 10.1 Å². The lowest BCUT2D eigenvalue weighted by molar-refractivity contribution is 0.0889. The van der Waals surface area contributed by atoms with E-state index in [1.54, 1.807) is 6.07 Å². The maximum absolute atomic E-state index is 5.90. The molecular formula is C8H5Cl2NO. The topological polar surface area (TPSA) is 12.5 Å². The molecule has 4 heteroatoms. The number of para-hydroxylation sites is 1. The Bertz CT molecular complexity index is 338. The molecule has 2 rings (SSSR count). The Morgan fingerprint density at radius 1 is 1.25 bits per heavy atom. The molecule has 0 spiro atoms. The third-order valence-electron chi connectivity index (χ3n) is 1.54. The number of rotatable bonds is 0. The van der Waals surface area contributed by atoms with Crippen LogP contribution in [0.15, 0.2) is 30.5 Å². The molecule has 0 N–H and O–H groups in total. The summed E-state index contributed by atoms with van der Waals surface area (Å²) in [6.45, 7) is 0. The normalized spacial score (nSPS) is 14.8. The van der Waals surface area contributed by atoms with E-state index in [4.69, 9.17) is 28.2 Å². The first kappa shape index (κ1) is 7.77. The minimum atomic E-state index is 0.576. The van der Waals surface area contributed by atoms with Gasteiger partial charge in [-0.2, -0.15) is 0 Å². The smallest absolute Gasteiger partial charge is 0.165 e. The summed E-state index contributed by atoms with van der Waals surface area (Å²) in [5.74, 6) is 0.667. The van der Waals surface area contributed by atoms with Gasteiger partial charge >= 0.3 is 0 Å². The summed E-state index contributed by atoms with van der Waals surface area (Å²) < 4.78 is 1.06. The molecule has 1 aromatic carbocycles. The highest BCUT2D eigenvalue weighted by Gasteiger charge is 2.15. The van der Waals surface area contributed by atoms with Gasteiger partial charge in [-0.25, -0.2) is 0 Å². The molecule has 0 radical (unpaired) electrons. The zero-order chi connectivity index (χ0) is 8.55. The van der Waals surface area contributed by atoms with Crippen LogP contribution in [-0.4, -0.2) is 4.58 Å². The van der Waals surface area contributed by atoms with Crippen molar-refractivity contribution in [2.45, 2.75) is 0 Å². The van der Waals surface area contributed by atoms with Gasteiger partial charge in [0, 0.05) is 5.56 Å². The van der Waals surface area contributed by atoms with E-state index < -0.39 is 0 Å². The SMILES string of the molecule is ClC1=CN(Cl)Oc2ccccc21. The first-order valence-corrected chi connectivity index (χ1v) is 4.08. The lowest BCUT2D eigenvalue weighted by atomic mass is 10.2. The molecule has 1 heterocycles. The molecule has 62 valence electrons. The second-order valence-corrected chi connectivity index (χ2v) is 3.08. The van der Waals surface area contributed by atoms with E-state index in [9.17, 15) is 0 Å². The van der Waals surface area contributed by atoms with Gasteiger partial charge in [-0.05, 0) is 12.1 Å². The van der Waals surface area contributed by atoms with E-state index >= 15 is 0 Å². The second-order valence-electron chi connectivity index (χ2n) is 2.34. The summed E-state index contributed by atoms with van der Waals surface area (Å²) in [5.41, 5.74) is 0.857. The molecule has 0 aromatic heterocycles. The number of benzene rings is 1. The molecule has 0 bridgehead atoms. The average molecular weight is 202 g/mol. The quantitative estimate of drug-likeness (QED) is 0.599.